The van der Waals surface area contributed by atoms with Gasteiger partial charge in [-0.1, -0.05) is 53.9 Å². The van der Waals surface area contributed by atoms with E-state index in [1.807, 2.05) is 0 Å². The molecule has 10 heteroatoms. The molecule has 4 rings (SSSR count). The van der Waals surface area contributed by atoms with Gasteiger partial charge in [-0.25, -0.2) is 0 Å². The van der Waals surface area contributed by atoms with E-state index in [0.717, 1.165) is 42.9 Å². The Morgan fingerprint density at radius 1 is 1.07 bits per heavy atom. The summed E-state index contributed by atoms with van der Waals surface area (Å²) in [4.78, 5) is 34.6. The Balaban J connectivity index is 1.60. The van der Waals surface area contributed by atoms with E-state index in [1.165, 1.54) is 44.2 Å². The molecule has 3 fully saturated rings. The van der Waals surface area contributed by atoms with Crippen molar-refractivity contribution >= 4 is 28.7 Å². The van der Waals surface area contributed by atoms with E-state index in [0.29, 0.717) is 36.2 Å². The zero-order valence-corrected chi connectivity index (χ0v) is 26.8. The highest BCUT2D eigenvalue weighted by Crippen LogP contribution is 2.66. The number of carbonyl (C=O) groups is 1. The number of non-ortho nitro benzene ring substituents is 1. The van der Waals surface area contributed by atoms with Gasteiger partial charge in [-0.05, 0) is 92.4 Å². The van der Waals surface area contributed by atoms with Crippen molar-refractivity contribution in [3.8, 4) is 0 Å². The Labute approximate surface area is 255 Å². The molecule has 7 atom stereocenters. The molecule has 43 heavy (non-hydrogen) atoms. The number of benzene rings is 1. The molecule has 0 spiro atoms. The van der Waals surface area contributed by atoms with Crippen LogP contribution in [-0.4, -0.2) is 28.1 Å². The summed E-state index contributed by atoms with van der Waals surface area (Å²) in [5.41, 5.74) is 2.74. The molecule has 0 saturated heterocycles. The Kier molecular flexibility index (Phi) is 10.2. The second kappa shape index (κ2) is 13.3. The number of nitrogens with zero attached hydrogens (tertiary/aromatic N) is 3. The summed E-state index contributed by atoms with van der Waals surface area (Å²) in [5, 5.41) is 27.6. The van der Waals surface area contributed by atoms with Crippen molar-refractivity contribution in [1.82, 2.24) is 0 Å². The van der Waals surface area contributed by atoms with E-state index >= 15 is 0 Å². The predicted octanol–water partition coefficient (Wildman–Crippen LogP) is 8.55. The number of esters is 1. The number of ether oxygens (including phenoxy) is 1. The summed E-state index contributed by atoms with van der Waals surface area (Å²) in [6, 6.07) is 3.49. The van der Waals surface area contributed by atoms with Crippen molar-refractivity contribution in [3.63, 3.8) is 0 Å². The number of hydrogen-bond acceptors (Lipinski definition) is 8. The molecule has 1 N–H and O–H groups in total. The standard InChI is InChI=1S/C33H50N4O6/c1-7-43-31(38)20-33(6)27-17-18-32(5)25(22(4)10-8-9-21(2)3)13-14-26(32)24(27)12-16-30(33)35-34-28-15-11-23(36(39)40)19-29(28)37(41)42/h11,15,19,21-22,24-27,34H,7-10,12-14,16-18,20H2,1-6H3. The van der Waals surface area contributed by atoms with Gasteiger partial charge in [0.2, 0.25) is 0 Å². The molecule has 7 unspecified atom stereocenters. The summed E-state index contributed by atoms with van der Waals surface area (Å²) in [7, 11) is 0. The van der Waals surface area contributed by atoms with Gasteiger partial charge in [-0.2, -0.15) is 5.10 Å². The van der Waals surface area contributed by atoms with E-state index in [-0.39, 0.29) is 29.7 Å². The van der Waals surface area contributed by atoms with Gasteiger partial charge in [0.25, 0.3) is 5.69 Å². The monoisotopic (exact) mass is 598 g/mol. The molecule has 1 aromatic rings. The van der Waals surface area contributed by atoms with Crippen LogP contribution in [0.2, 0.25) is 0 Å². The van der Waals surface area contributed by atoms with Gasteiger partial charge in [0.05, 0.1) is 28.9 Å². The molecule has 0 heterocycles. The van der Waals surface area contributed by atoms with E-state index < -0.39 is 20.9 Å². The first-order valence-electron chi connectivity index (χ1n) is 16.2. The number of carbonyl (C=O) groups excluding carboxylic acids is 1. The van der Waals surface area contributed by atoms with E-state index in [4.69, 9.17) is 9.84 Å². The molecule has 1 aromatic carbocycles. The van der Waals surface area contributed by atoms with Crippen LogP contribution < -0.4 is 5.43 Å². The van der Waals surface area contributed by atoms with Crippen molar-refractivity contribution in [2.45, 2.75) is 106 Å². The minimum atomic E-state index is -0.656. The minimum absolute atomic E-state index is 0.0880. The Hall–Kier alpha value is -3.04. The van der Waals surface area contributed by atoms with Crippen LogP contribution in [0.25, 0.3) is 0 Å². The minimum Gasteiger partial charge on any atom is -0.466 e. The smallest absolute Gasteiger partial charge is 0.306 e. The number of anilines is 1. The van der Waals surface area contributed by atoms with Crippen molar-refractivity contribution in [3.05, 3.63) is 38.4 Å². The molecule has 0 aliphatic heterocycles. The van der Waals surface area contributed by atoms with Crippen LogP contribution in [-0.2, 0) is 9.53 Å². The molecule has 3 aliphatic carbocycles. The van der Waals surface area contributed by atoms with Gasteiger partial charge in [-0.3, -0.25) is 30.4 Å². The van der Waals surface area contributed by atoms with Crippen molar-refractivity contribution < 1.29 is 19.4 Å². The van der Waals surface area contributed by atoms with E-state index in [9.17, 15) is 25.0 Å². The molecule has 0 amide bonds. The van der Waals surface area contributed by atoms with Crippen LogP contribution >= 0.6 is 0 Å². The van der Waals surface area contributed by atoms with Crippen LogP contribution in [0.3, 0.4) is 0 Å². The third kappa shape index (κ3) is 6.73. The summed E-state index contributed by atoms with van der Waals surface area (Å²) >= 11 is 0. The molecule has 0 bridgehead atoms. The second-order valence-electron chi connectivity index (χ2n) is 14.2. The third-order valence-electron chi connectivity index (χ3n) is 11.3. The predicted molar refractivity (Wildman–Crippen MR) is 168 cm³/mol. The van der Waals surface area contributed by atoms with Crippen LogP contribution in [0.1, 0.15) is 106 Å². The number of hydrogen-bond donors (Lipinski definition) is 1. The van der Waals surface area contributed by atoms with Gasteiger partial charge in [0.15, 0.2) is 0 Å². The highest BCUT2D eigenvalue weighted by molar-refractivity contribution is 5.94. The Morgan fingerprint density at radius 2 is 1.81 bits per heavy atom. The Morgan fingerprint density at radius 3 is 2.47 bits per heavy atom. The topological polar surface area (TPSA) is 137 Å². The van der Waals surface area contributed by atoms with Gasteiger partial charge in [0.1, 0.15) is 5.69 Å². The number of nitro groups is 2. The van der Waals surface area contributed by atoms with Gasteiger partial charge >= 0.3 is 11.7 Å². The number of hydrazone groups is 1. The van der Waals surface area contributed by atoms with E-state index in [1.54, 1.807) is 6.92 Å². The number of nitrogens with one attached hydrogen (secondary N) is 1. The van der Waals surface area contributed by atoms with E-state index in [2.05, 4.69) is 40.0 Å². The lowest BCUT2D eigenvalue weighted by Gasteiger charge is -2.57. The van der Waals surface area contributed by atoms with Gasteiger partial charge < -0.3 is 4.74 Å². The lowest BCUT2D eigenvalue weighted by molar-refractivity contribution is -0.393. The van der Waals surface area contributed by atoms with Crippen LogP contribution in [0, 0.1) is 66.6 Å². The average molecular weight is 599 g/mol. The molecule has 10 nitrogen and oxygen atoms in total. The summed E-state index contributed by atoms with van der Waals surface area (Å²) < 4.78 is 5.43. The molecule has 238 valence electrons. The maximum atomic E-state index is 13.0. The molecule has 3 aliphatic rings. The zero-order chi connectivity index (χ0) is 31.5. The van der Waals surface area contributed by atoms with Crippen LogP contribution in [0.15, 0.2) is 23.3 Å². The molecular weight excluding hydrogens is 548 g/mol. The SMILES string of the molecule is CCOC(=O)CC1(C)C(=NNc2ccc([N+](=O)[O-])cc2[N+](=O)[O-])CCC2C1CCC1(C)C(C(C)CCCC(C)C)CCC21. The van der Waals surface area contributed by atoms with Crippen molar-refractivity contribution in [1.29, 1.82) is 0 Å². The van der Waals surface area contributed by atoms with Crippen LogP contribution in [0.4, 0.5) is 17.1 Å². The first kappa shape index (κ1) is 32.9. The first-order valence-corrected chi connectivity index (χ1v) is 16.2. The number of rotatable bonds is 12. The molecule has 3 saturated carbocycles. The first-order chi connectivity index (χ1) is 20.3. The van der Waals surface area contributed by atoms with Gasteiger partial charge in [0, 0.05) is 17.2 Å². The molecular formula is C33H50N4O6. The quantitative estimate of drug-likeness (QED) is 0.144. The van der Waals surface area contributed by atoms with Crippen molar-refractivity contribution in [2.24, 2.45) is 51.4 Å². The lowest BCUT2D eigenvalue weighted by atomic mass is 9.47. The number of nitro benzene ring substituents is 2. The fourth-order valence-corrected chi connectivity index (χ4v) is 9.24. The summed E-state index contributed by atoms with van der Waals surface area (Å²) in [6.07, 6.45) is 10.4. The van der Waals surface area contributed by atoms with Gasteiger partial charge in [-0.15, -0.1) is 0 Å². The van der Waals surface area contributed by atoms with Crippen LogP contribution in [0.5, 0.6) is 0 Å². The highest BCUT2D eigenvalue weighted by Gasteiger charge is 2.60. The third-order valence-corrected chi connectivity index (χ3v) is 11.3. The largest absolute Gasteiger partial charge is 0.466 e. The average Bonchev–Trinajstić information content (AvgIpc) is 3.29. The summed E-state index contributed by atoms with van der Waals surface area (Å²) in [5.74, 6) is 3.27. The molecule has 0 aromatic heterocycles. The fraction of sp³-hybridized carbons (Fsp3) is 0.758. The summed E-state index contributed by atoms with van der Waals surface area (Å²) in [6.45, 7) is 13.8. The maximum absolute atomic E-state index is 13.0. The highest BCUT2D eigenvalue weighted by atomic mass is 16.6. The normalized spacial score (nSPS) is 31.7. The molecule has 0 radical (unpaired) electrons. The maximum Gasteiger partial charge on any atom is 0.306 e. The Bertz CT molecular complexity index is 1230. The van der Waals surface area contributed by atoms with Crippen molar-refractivity contribution in [2.75, 3.05) is 12.0 Å². The number of fused-ring (bicyclic) bond motifs is 3. The zero-order valence-electron chi connectivity index (χ0n) is 26.8. The lowest BCUT2D eigenvalue weighted by Crippen LogP contribution is -2.53. The second-order valence-corrected chi connectivity index (χ2v) is 14.2. The fourth-order valence-electron chi connectivity index (χ4n) is 9.24.